The smallest absolute Gasteiger partial charge is 0.387 e. The van der Waals surface area contributed by atoms with E-state index in [0.717, 1.165) is 12.8 Å². The molecule has 1 unspecified atom stereocenters. The zero-order valence-electron chi connectivity index (χ0n) is 16.1. The van der Waals surface area contributed by atoms with Crippen LogP contribution in [0.2, 0.25) is 0 Å². The minimum absolute atomic E-state index is 0.0291. The molecule has 2 aromatic rings. The Labute approximate surface area is 171 Å². The molecule has 0 bridgehead atoms. The molecule has 1 saturated carbocycles. The fraction of sp³-hybridized carbons (Fsp3) is 0.286. The maximum absolute atomic E-state index is 12.5. The van der Waals surface area contributed by atoms with Gasteiger partial charge in [-0.15, -0.1) is 0 Å². The van der Waals surface area contributed by atoms with E-state index in [9.17, 15) is 23.2 Å². The summed E-state index contributed by atoms with van der Waals surface area (Å²) >= 11 is 0. The van der Waals surface area contributed by atoms with Gasteiger partial charge in [-0.25, -0.2) is 4.79 Å². The van der Waals surface area contributed by atoms with E-state index in [4.69, 9.17) is 4.74 Å². The van der Waals surface area contributed by atoms with Gasteiger partial charge in [-0.1, -0.05) is 12.1 Å². The molecular weight excluding hydrogens is 398 g/mol. The SMILES string of the molecule is CC(OC(=O)c1ccc(NC(=O)C2CC2)cc1)C(=O)Nc1ccccc1OC(F)F. The van der Waals surface area contributed by atoms with E-state index in [0.29, 0.717) is 5.69 Å². The third kappa shape index (κ3) is 5.76. The largest absolute Gasteiger partial charge is 0.449 e. The summed E-state index contributed by atoms with van der Waals surface area (Å²) in [6, 6.07) is 11.8. The van der Waals surface area contributed by atoms with Crippen molar-refractivity contribution in [1.82, 2.24) is 0 Å². The summed E-state index contributed by atoms with van der Waals surface area (Å²) in [5.74, 6) is -1.64. The number of carbonyl (C=O) groups excluding carboxylic acids is 3. The van der Waals surface area contributed by atoms with Crippen LogP contribution in [0.5, 0.6) is 5.75 Å². The van der Waals surface area contributed by atoms with Crippen LogP contribution in [-0.4, -0.2) is 30.5 Å². The van der Waals surface area contributed by atoms with Gasteiger partial charge in [0.2, 0.25) is 5.91 Å². The second-order valence-electron chi connectivity index (χ2n) is 6.75. The molecule has 0 heterocycles. The molecule has 1 aliphatic rings. The van der Waals surface area contributed by atoms with Crippen LogP contribution in [0, 0.1) is 5.92 Å². The van der Waals surface area contributed by atoms with E-state index in [1.807, 2.05) is 0 Å². The Hall–Kier alpha value is -3.49. The van der Waals surface area contributed by atoms with Gasteiger partial charge in [-0.05, 0) is 56.2 Å². The zero-order chi connectivity index (χ0) is 21.7. The summed E-state index contributed by atoms with van der Waals surface area (Å²) < 4.78 is 34.4. The van der Waals surface area contributed by atoms with E-state index < -0.39 is 24.6 Å². The molecule has 30 heavy (non-hydrogen) atoms. The number of hydrogen-bond acceptors (Lipinski definition) is 5. The van der Waals surface area contributed by atoms with Crippen LogP contribution >= 0.6 is 0 Å². The number of halogens is 2. The van der Waals surface area contributed by atoms with Crippen molar-refractivity contribution in [2.45, 2.75) is 32.5 Å². The molecule has 7 nitrogen and oxygen atoms in total. The predicted octanol–water partition coefficient (Wildman–Crippen LogP) is 3.82. The van der Waals surface area contributed by atoms with Gasteiger partial charge in [0.1, 0.15) is 5.75 Å². The van der Waals surface area contributed by atoms with E-state index >= 15 is 0 Å². The van der Waals surface area contributed by atoms with Gasteiger partial charge >= 0.3 is 12.6 Å². The number of anilines is 2. The second-order valence-corrected chi connectivity index (χ2v) is 6.75. The number of ether oxygens (including phenoxy) is 2. The van der Waals surface area contributed by atoms with E-state index in [1.54, 1.807) is 12.1 Å². The number of rotatable bonds is 8. The first-order chi connectivity index (χ1) is 14.3. The number of para-hydroxylation sites is 2. The standard InChI is InChI=1S/C21H20F2N2O5/c1-12(18(26)25-16-4-2-3-5-17(16)30-21(22)23)29-20(28)14-8-10-15(11-9-14)24-19(27)13-6-7-13/h2-5,8-13,21H,6-7H2,1H3,(H,24,27)(H,25,26). The minimum Gasteiger partial charge on any atom is -0.449 e. The molecule has 0 radical (unpaired) electrons. The first kappa shape index (κ1) is 21.2. The molecule has 2 N–H and O–H groups in total. The first-order valence-electron chi connectivity index (χ1n) is 9.30. The Bertz CT molecular complexity index is 929. The first-order valence-corrected chi connectivity index (χ1v) is 9.30. The highest BCUT2D eigenvalue weighted by atomic mass is 19.3. The Kier molecular flexibility index (Phi) is 6.61. The lowest BCUT2D eigenvalue weighted by Gasteiger charge is -2.16. The van der Waals surface area contributed by atoms with Crippen molar-refractivity contribution in [2.24, 2.45) is 5.92 Å². The van der Waals surface area contributed by atoms with Gasteiger partial charge < -0.3 is 20.1 Å². The molecule has 0 aromatic heterocycles. The number of nitrogens with one attached hydrogen (secondary N) is 2. The highest BCUT2D eigenvalue weighted by Gasteiger charge is 2.29. The summed E-state index contributed by atoms with van der Waals surface area (Å²) in [4.78, 5) is 36.3. The summed E-state index contributed by atoms with van der Waals surface area (Å²) in [6.45, 7) is -1.69. The summed E-state index contributed by atoms with van der Waals surface area (Å²) in [5, 5.41) is 5.15. The van der Waals surface area contributed by atoms with Crippen LogP contribution in [0.1, 0.15) is 30.1 Å². The van der Waals surface area contributed by atoms with Gasteiger partial charge in [0.05, 0.1) is 11.3 Å². The molecule has 0 spiro atoms. The quantitative estimate of drug-likeness (QED) is 0.636. The maximum atomic E-state index is 12.5. The molecule has 2 amide bonds. The van der Waals surface area contributed by atoms with Crippen LogP contribution < -0.4 is 15.4 Å². The lowest BCUT2D eigenvalue weighted by atomic mass is 10.2. The number of carbonyl (C=O) groups is 3. The zero-order valence-corrected chi connectivity index (χ0v) is 16.1. The Morgan fingerprint density at radius 2 is 1.67 bits per heavy atom. The van der Waals surface area contributed by atoms with Gasteiger partial charge in [0.15, 0.2) is 6.10 Å². The highest BCUT2D eigenvalue weighted by molar-refractivity contribution is 5.98. The monoisotopic (exact) mass is 418 g/mol. The van der Waals surface area contributed by atoms with E-state index in [2.05, 4.69) is 15.4 Å². The van der Waals surface area contributed by atoms with Crippen LogP contribution in [0.3, 0.4) is 0 Å². The molecule has 2 aromatic carbocycles. The van der Waals surface area contributed by atoms with Crippen LogP contribution in [0.25, 0.3) is 0 Å². The van der Waals surface area contributed by atoms with E-state index in [-0.39, 0.29) is 28.8 Å². The normalized spacial score (nSPS) is 14.0. The van der Waals surface area contributed by atoms with Gasteiger partial charge in [-0.3, -0.25) is 9.59 Å². The third-order valence-corrected chi connectivity index (χ3v) is 4.35. The topological polar surface area (TPSA) is 93.7 Å². The fourth-order valence-electron chi connectivity index (χ4n) is 2.56. The summed E-state index contributed by atoms with van der Waals surface area (Å²) in [5.41, 5.74) is 0.784. The average Bonchev–Trinajstić information content (AvgIpc) is 3.55. The van der Waals surface area contributed by atoms with Crippen molar-refractivity contribution in [2.75, 3.05) is 10.6 Å². The average molecular weight is 418 g/mol. The molecular formula is C21H20F2N2O5. The van der Waals surface area contributed by atoms with Crippen molar-refractivity contribution in [1.29, 1.82) is 0 Å². The minimum atomic E-state index is -3.05. The number of alkyl halides is 2. The van der Waals surface area contributed by atoms with E-state index in [1.165, 1.54) is 43.3 Å². The molecule has 1 fully saturated rings. The molecule has 0 saturated heterocycles. The predicted molar refractivity (Wildman–Crippen MR) is 104 cm³/mol. The second kappa shape index (κ2) is 9.34. The molecule has 1 atom stereocenters. The van der Waals surface area contributed by atoms with Gasteiger partial charge in [0.25, 0.3) is 5.91 Å². The molecule has 0 aliphatic heterocycles. The molecule has 158 valence electrons. The van der Waals surface area contributed by atoms with Crippen LogP contribution in [0.15, 0.2) is 48.5 Å². The van der Waals surface area contributed by atoms with Crippen molar-refractivity contribution < 1.29 is 32.6 Å². The van der Waals surface area contributed by atoms with Crippen molar-refractivity contribution in [3.8, 4) is 5.75 Å². The number of hydrogen-bond donors (Lipinski definition) is 2. The van der Waals surface area contributed by atoms with Crippen LogP contribution in [-0.2, 0) is 14.3 Å². The lowest BCUT2D eigenvalue weighted by molar-refractivity contribution is -0.123. The highest BCUT2D eigenvalue weighted by Crippen LogP contribution is 2.30. The summed E-state index contributed by atoms with van der Waals surface area (Å²) in [6.07, 6.45) is 0.579. The molecule has 9 heteroatoms. The maximum Gasteiger partial charge on any atom is 0.387 e. The molecule has 1 aliphatic carbocycles. The van der Waals surface area contributed by atoms with Crippen LogP contribution in [0.4, 0.5) is 20.2 Å². The molecule has 3 rings (SSSR count). The van der Waals surface area contributed by atoms with Crippen molar-refractivity contribution in [3.63, 3.8) is 0 Å². The summed E-state index contributed by atoms with van der Waals surface area (Å²) in [7, 11) is 0. The third-order valence-electron chi connectivity index (χ3n) is 4.35. The fourth-order valence-corrected chi connectivity index (χ4v) is 2.56. The Morgan fingerprint density at radius 3 is 2.30 bits per heavy atom. The number of benzene rings is 2. The number of amides is 2. The van der Waals surface area contributed by atoms with Gasteiger partial charge in [0, 0.05) is 11.6 Å². The Morgan fingerprint density at radius 1 is 1.00 bits per heavy atom. The Balaban J connectivity index is 1.56. The number of esters is 1. The van der Waals surface area contributed by atoms with Gasteiger partial charge in [-0.2, -0.15) is 8.78 Å². The van der Waals surface area contributed by atoms with Crippen molar-refractivity contribution in [3.05, 3.63) is 54.1 Å². The van der Waals surface area contributed by atoms with Crippen molar-refractivity contribution >= 4 is 29.2 Å². The lowest BCUT2D eigenvalue weighted by Crippen LogP contribution is -2.30.